The molecular weight excluding hydrogens is 284 g/mol. The van der Waals surface area contributed by atoms with Crippen LogP contribution in [0.15, 0.2) is 0 Å². The van der Waals surface area contributed by atoms with Crippen LogP contribution in [-0.2, 0) is 0 Å². The van der Waals surface area contributed by atoms with E-state index in [1.54, 1.807) is 0 Å². The second-order valence-electron chi connectivity index (χ2n) is 5.78. The summed E-state index contributed by atoms with van der Waals surface area (Å²) in [5.74, 6) is 0.806. The molecule has 112 valence electrons. The maximum atomic E-state index is 12.3. The molecule has 0 spiro atoms. The smallest absolute Gasteiger partial charge is 0.263 e. The van der Waals surface area contributed by atoms with E-state index in [1.807, 2.05) is 13.8 Å². The van der Waals surface area contributed by atoms with Gasteiger partial charge in [-0.1, -0.05) is 12.8 Å². The van der Waals surface area contributed by atoms with Gasteiger partial charge in [-0.2, -0.15) is 5.10 Å². The van der Waals surface area contributed by atoms with Crippen molar-refractivity contribution in [3.05, 3.63) is 16.1 Å². The molecule has 1 amide bonds. The van der Waals surface area contributed by atoms with Crippen LogP contribution in [0.4, 0.5) is 5.69 Å². The van der Waals surface area contributed by atoms with Gasteiger partial charge in [0.15, 0.2) is 0 Å². The van der Waals surface area contributed by atoms with Gasteiger partial charge in [0.25, 0.3) is 5.91 Å². The number of thiophene rings is 1. The van der Waals surface area contributed by atoms with Gasteiger partial charge < -0.3 is 11.1 Å². The summed E-state index contributed by atoms with van der Waals surface area (Å²) in [6.45, 7) is 4.58. The maximum absolute atomic E-state index is 12.3. The number of hydrogen-bond acceptors (Lipinski definition) is 5. The zero-order valence-corrected chi connectivity index (χ0v) is 13.2. The lowest BCUT2D eigenvalue weighted by molar-refractivity contribution is 0.0957. The van der Waals surface area contributed by atoms with Crippen LogP contribution in [-0.4, -0.2) is 22.6 Å². The van der Waals surface area contributed by atoms with Gasteiger partial charge in [0.2, 0.25) is 0 Å². The van der Waals surface area contributed by atoms with Crippen LogP contribution in [0.3, 0.4) is 0 Å². The maximum Gasteiger partial charge on any atom is 0.263 e. The average Bonchev–Trinajstić information content (AvgIpc) is 3.22. The molecule has 0 radical (unpaired) electrons. The molecule has 1 aliphatic rings. The van der Waals surface area contributed by atoms with E-state index < -0.39 is 0 Å². The van der Waals surface area contributed by atoms with E-state index in [4.69, 9.17) is 5.73 Å². The second kappa shape index (κ2) is 5.60. The molecule has 1 aliphatic carbocycles. The Bertz CT molecular complexity index is 691. The van der Waals surface area contributed by atoms with Crippen molar-refractivity contribution < 1.29 is 4.79 Å². The van der Waals surface area contributed by atoms with Crippen LogP contribution in [0.2, 0.25) is 0 Å². The number of aromatic nitrogens is 2. The van der Waals surface area contributed by atoms with Crippen LogP contribution in [0.5, 0.6) is 0 Å². The number of aryl methyl sites for hydroxylation is 2. The number of hydrogen-bond donors (Lipinski definition) is 2. The summed E-state index contributed by atoms with van der Waals surface area (Å²) in [6.07, 6.45) is 4.97. The Morgan fingerprint density at radius 3 is 2.86 bits per heavy atom. The first-order valence-corrected chi connectivity index (χ1v) is 8.19. The van der Waals surface area contributed by atoms with Gasteiger partial charge in [-0.15, -0.1) is 16.4 Å². The first kappa shape index (κ1) is 14.3. The monoisotopic (exact) mass is 304 g/mol. The van der Waals surface area contributed by atoms with Crippen molar-refractivity contribution in [2.75, 3.05) is 12.3 Å². The number of amides is 1. The molecule has 2 aromatic rings. The van der Waals surface area contributed by atoms with E-state index in [-0.39, 0.29) is 5.91 Å². The van der Waals surface area contributed by atoms with Crippen LogP contribution >= 0.6 is 11.3 Å². The van der Waals surface area contributed by atoms with Crippen LogP contribution in [0, 0.1) is 19.8 Å². The topological polar surface area (TPSA) is 80.9 Å². The number of nitrogens with one attached hydrogen (secondary N) is 1. The van der Waals surface area contributed by atoms with Gasteiger partial charge in [-0.05, 0) is 38.2 Å². The highest BCUT2D eigenvalue weighted by Crippen LogP contribution is 2.35. The third kappa shape index (κ3) is 2.85. The average molecular weight is 304 g/mol. The quantitative estimate of drug-likeness (QED) is 0.832. The van der Waals surface area contributed by atoms with E-state index in [2.05, 4.69) is 15.5 Å². The summed E-state index contributed by atoms with van der Waals surface area (Å²) >= 11 is 1.32. The Labute approximate surface area is 127 Å². The van der Waals surface area contributed by atoms with E-state index >= 15 is 0 Å². The number of nitrogens with two attached hydrogens (primary N) is 1. The van der Waals surface area contributed by atoms with Crippen molar-refractivity contribution in [1.29, 1.82) is 0 Å². The highest BCUT2D eigenvalue weighted by Gasteiger charge is 2.21. The number of nitrogens with zero attached hydrogens (tertiary/aromatic N) is 2. The molecule has 0 atom stereocenters. The number of fused-ring (bicyclic) bond motifs is 1. The number of carbonyl (C=O) groups is 1. The fraction of sp³-hybridized carbons (Fsp3) is 0.533. The Balaban J connectivity index is 1.74. The van der Waals surface area contributed by atoms with Crippen LogP contribution in [0.25, 0.3) is 10.2 Å². The molecule has 5 nitrogen and oxygen atoms in total. The molecule has 0 bridgehead atoms. The summed E-state index contributed by atoms with van der Waals surface area (Å²) in [4.78, 5) is 13.6. The van der Waals surface area contributed by atoms with Crippen molar-refractivity contribution in [2.24, 2.45) is 5.92 Å². The van der Waals surface area contributed by atoms with Crippen LogP contribution in [0.1, 0.15) is 46.6 Å². The fourth-order valence-corrected chi connectivity index (χ4v) is 3.51. The Hall–Kier alpha value is -1.69. The van der Waals surface area contributed by atoms with Gasteiger partial charge in [0.05, 0.1) is 11.4 Å². The fourth-order valence-electron chi connectivity index (χ4n) is 2.49. The van der Waals surface area contributed by atoms with E-state index in [1.165, 1.54) is 30.6 Å². The molecule has 2 heterocycles. The van der Waals surface area contributed by atoms with E-state index in [0.29, 0.717) is 17.1 Å². The van der Waals surface area contributed by atoms with Crippen molar-refractivity contribution >= 4 is 33.1 Å². The molecular formula is C15H20N4OS. The highest BCUT2D eigenvalue weighted by molar-refractivity contribution is 7.21. The van der Waals surface area contributed by atoms with Crippen LogP contribution < -0.4 is 11.1 Å². The molecule has 2 aromatic heterocycles. The molecule has 0 aromatic carbocycles. The molecule has 21 heavy (non-hydrogen) atoms. The molecule has 0 saturated heterocycles. The largest absolute Gasteiger partial charge is 0.397 e. The minimum Gasteiger partial charge on any atom is -0.397 e. The lowest BCUT2D eigenvalue weighted by Crippen LogP contribution is -2.24. The van der Waals surface area contributed by atoms with Gasteiger partial charge in [0, 0.05) is 11.9 Å². The normalized spacial score (nSPS) is 14.6. The Morgan fingerprint density at radius 1 is 1.38 bits per heavy atom. The molecule has 1 saturated carbocycles. The minimum atomic E-state index is -0.0941. The molecule has 0 aliphatic heterocycles. The zero-order chi connectivity index (χ0) is 15.0. The standard InChI is InChI=1S/C15H20N4OS/c1-8-9(2)18-19-15-11(8)12(16)13(21-15)14(20)17-7-3-4-10-5-6-10/h10H,3-7,16H2,1-2H3,(H,17,20). The molecule has 0 unspecified atom stereocenters. The molecule has 6 heteroatoms. The zero-order valence-electron chi connectivity index (χ0n) is 12.4. The predicted octanol–water partition coefficient (Wildman–Crippen LogP) is 2.81. The van der Waals surface area contributed by atoms with Crippen molar-refractivity contribution in [1.82, 2.24) is 15.5 Å². The van der Waals surface area contributed by atoms with E-state index in [0.717, 1.165) is 33.8 Å². The van der Waals surface area contributed by atoms with Crippen molar-refractivity contribution in [2.45, 2.75) is 39.5 Å². The lowest BCUT2D eigenvalue weighted by atomic mass is 10.1. The summed E-state index contributed by atoms with van der Waals surface area (Å²) in [7, 11) is 0. The number of carbonyl (C=O) groups excluding carboxylic acids is 1. The first-order valence-electron chi connectivity index (χ1n) is 7.38. The summed E-state index contributed by atoms with van der Waals surface area (Å²) in [5, 5.41) is 12.1. The number of anilines is 1. The third-order valence-corrected chi connectivity index (χ3v) is 5.20. The summed E-state index contributed by atoms with van der Waals surface area (Å²) in [5.41, 5.74) is 8.54. The second-order valence-corrected chi connectivity index (χ2v) is 6.78. The van der Waals surface area contributed by atoms with Gasteiger partial charge in [0.1, 0.15) is 9.71 Å². The number of nitrogen functional groups attached to an aromatic ring is 1. The molecule has 1 fully saturated rings. The van der Waals surface area contributed by atoms with Crippen molar-refractivity contribution in [3.8, 4) is 0 Å². The first-order chi connectivity index (χ1) is 10.1. The third-order valence-electron chi connectivity index (χ3n) is 4.11. The predicted molar refractivity (Wildman–Crippen MR) is 85.6 cm³/mol. The van der Waals surface area contributed by atoms with Gasteiger partial charge in [-0.3, -0.25) is 4.79 Å². The summed E-state index contributed by atoms with van der Waals surface area (Å²) < 4.78 is 0. The van der Waals surface area contributed by atoms with E-state index in [9.17, 15) is 4.79 Å². The lowest BCUT2D eigenvalue weighted by Gasteiger charge is -2.04. The summed E-state index contributed by atoms with van der Waals surface area (Å²) in [6, 6.07) is 0. The SMILES string of the molecule is Cc1nnc2sc(C(=O)NCCCC3CC3)c(N)c2c1C. The minimum absolute atomic E-state index is 0.0941. The number of rotatable bonds is 5. The van der Waals surface area contributed by atoms with Crippen molar-refractivity contribution in [3.63, 3.8) is 0 Å². The molecule has 3 rings (SSSR count). The highest BCUT2D eigenvalue weighted by atomic mass is 32.1. The Morgan fingerprint density at radius 2 is 2.14 bits per heavy atom. The Kier molecular flexibility index (Phi) is 3.80. The van der Waals surface area contributed by atoms with Gasteiger partial charge >= 0.3 is 0 Å². The van der Waals surface area contributed by atoms with Gasteiger partial charge in [-0.25, -0.2) is 0 Å². The molecule has 3 N–H and O–H groups in total.